The van der Waals surface area contributed by atoms with Crippen molar-refractivity contribution in [3.05, 3.63) is 29.8 Å². The molecule has 0 aromatic heterocycles. The van der Waals surface area contributed by atoms with Crippen LogP contribution < -0.4 is 4.90 Å². The van der Waals surface area contributed by atoms with Gasteiger partial charge in [-0.2, -0.15) is 0 Å². The Hall–Kier alpha value is -1.51. The summed E-state index contributed by atoms with van der Waals surface area (Å²) in [4.78, 5) is 16.6. The Bertz CT molecular complexity index is 465. The minimum Gasteiger partial charge on any atom is -0.364 e. The minimum atomic E-state index is 0.155. The van der Waals surface area contributed by atoms with Crippen molar-refractivity contribution in [2.45, 2.75) is 25.3 Å². The standard InChI is InChI=1S/C14H18N2O/c1-3-16-12-7-5-4-6-11(12)13(17)15(2)10-14(16)8-9-14/h4-7H,3,8-10H2,1-2H3. The molecule has 1 amide bonds. The number of amides is 1. The second kappa shape index (κ2) is 3.49. The van der Waals surface area contributed by atoms with E-state index in [2.05, 4.69) is 17.9 Å². The van der Waals surface area contributed by atoms with Crippen LogP contribution in [0.2, 0.25) is 0 Å². The van der Waals surface area contributed by atoms with E-state index in [4.69, 9.17) is 0 Å². The van der Waals surface area contributed by atoms with Crippen molar-refractivity contribution in [3.63, 3.8) is 0 Å². The van der Waals surface area contributed by atoms with Crippen LogP contribution in [0.15, 0.2) is 24.3 Å². The highest BCUT2D eigenvalue weighted by Gasteiger charge is 2.51. The van der Waals surface area contributed by atoms with Crippen LogP contribution in [0.5, 0.6) is 0 Å². The van der Waals surface area contributed by atoms with Gasteiger partial charge in [0.2, 0.25) is 0 Å². The Kier molecular flexibility index (Phi) is 2.18. The summed E-state index contributed by atoms with van der Waals surface area (Å²) in [7, 11) is 1.92. The van der Waals surface area contributed by atoms with Gasteiger partial charge in [0.15, 0.2) is 0 Å². The summed E-state index contributed by atoms with van der Waals surface area (Å²) in [6.45, 7) is 4.00. The van der Waals surface area contributed by atoms with Crippen molar-refractivity contribution in [2.75, 3.05) is 25.0 Å². The van der Waals surface area contributed by atoms with Crippen molar-refractivity contribution in [3.8, 4) is 0 Å². The van der Waals surface area contributed by atoms with E-state index < -0.39 is 0 Å². The second-order valence-corrected chi connectivity index (χ2v) is 5.15. The Morgan fingerprint density at radius 1 is 1.29 bits per heavy atom. The van der Waals surface area contributed by atoms with Crippen molar-refractivity contribution >= 4 is 11.6 Å². The van der Waals surface area contributed by atoms with Crippen LogP contribution in [0.1, 0.15) is 30.1 Å². The lowest BCUT2D eigenvalue weighted by Crippen LogP contribution is -2.43. The van der Waals surface area contributed by atoms with E-state index in [1.54, 1.807) is 0 Å². The van der Waals surface area contributed by atoms with Gasteiger partial charge >= 0.3 is 0 Å². The molecule has 3 heteroatoms. The molecule has 1 spiro atoms. The summed E-state index contributed by atoms with van der Waals surface area (Å²) in [6, 6.07) is 7.99. The lowest BCUT2D eigenvalue weighted by Gasteiger charge is -2.32. The molecule has 1 heterocycles. The summed E-state index contributed by atoms with van der Waals surface area (Å²) < 4.78 is 0. The van der Waals surface area contributed by atoms with Crippen molar-refractivity contribution < 1.29 is 4.79 Å². The molecule has 0 radical (unpaired) electrons. The second-order valence-electron chi connectivity index (χ2n) is 5.15. The Morgan fingerprint density at radius 3 is 2.65 bits per heavy atom. The number of likely N-dealkylation sites (N-methyl/N-ethyl adjacent to an activating group) is 2. The third-order valence-corrected chi connectivity index (χ3v) is 4.02. The van der Waals surface area contributed by atoms with Gasteiger partial charge < -0.3 is 9.80 Å². The third kappa shape index (κ3) is 1.45. The van der Waals surface area contributed by atoms with Crippen LogP contribution in [0.3, 0.4) is 0 Å². The van der Waals surface area contributed by atoms with Gasteiger partial charge in [-0.3, -0.25) is 4.79 Å². The molecule has 90 valence electrons. The molecule has 2 aliphatic rings. The smallest absolute Gasteiger partial charge is 0.255 e. The monoisotopic (exact) mass is 230 g/mol. The fourth-order valence-electron chi connectivity index (χ4n) is 3.03. The fraction of sp³-hybridized carbons (Fsp3) is 0.500. The van der Waals surface area contributed by atoms with Gasteiger partial charge in [-0.1, -0.05) is 12.1 Å². The van der Waals surface area contributed by atoms with Crippen molar-refractivity contribution in [1.82, 2.24) is 4.90 Å². The zero-order chi connectivity index (χ0) is 12.0. The summed E-state index contributed by atoms with van der Waals surface area (Å²) in [5, 5.41) is 0. The number of rotatable bonds is 1. The van der Waals surface area contributed by atoms with Gasteiger partial charge in [0.05, 0.1) is 16.8 Å². The number of anilines is 1. The van der Waals surface area contributed by atoms with E-state index in [1.165, 1.54) is 12.8 Å². The van der Waals surface area contributed by atoms with Gasteiger partial charge in [-0.15, -0.1) is 0 Å². The average molecular weight is 230 g/mol. The largest absolute Gasteiger partial charge is 0.364 e. The summed E-state index contributed by atoms with van der Waals surface area (Å²) in [6.07, 6.45) is 2.40. The Labute approximate surface area is 102 Å². The number of hydrogen-bond acceptors (Lipinski definition) is 2. The lowest BCUT2D eigenvalue weighted by molar-refractivity contribution is 0.0790. The molecule has 1 aliphatic heterocycles. The molecule has 1 aromatic rings. The highest BCUT2D eigenvalue weighted by molar-refractivity contribution is 6.00. The topological polar surface area (TPSA) is 23.6 Å². The van der Waals surface area contributed by atoms with E-state index >= 15 is 0 Å². The number of hydrogen-bond donors (Lipinski definition) is 0. The number of nitrogens with zero attached hydrogens (tertiary/aromatic N) is 2. The molecule has 0 N–H and O–H groups in total. The molecule has 1 aromatic carbocycles. The van der Waals surface area contributed by atoms with Crippen LogP contribution in [0, 0.1) is 0 Å². The number of carbonyl (C=O) groups excluding carboxylic acids is 1. The summed E-state index contributed by atoms with van der Waals surface area (Å²) in [5.74, 6) is 0.155. The molecule has 3 nitrogen and oxygen atoms in total. The molecule has 1 saturated carbocycles. The zero-order valence-corrected chi connectivity index (χ0v) is 10.4. The third-order valence-electron chi connectivity index (χ3n) is 4.02. The fourth-order valence-corrected chi connectivity index (χ4v) is 3.03. The first-order valence-electron chi connectivity index (χ1n) is 6.30. The van der Waals surface area contributed by atoms with Crippen molar-refractivity contribution in [1.29, 1.82) is 0 Å². The quantitative estimate of drug-likeness (QED) is 0.738. The first kappa shape index (κ1) is 10.6. The molecule has 1 fully saturated rings. The molecular formula is C14H18N2O. The van der Waals surface area contributed by atoms with Gasteiger partial charge in [0, 0.05) is 20.1 Å². The lowest BCUT2D eigenvalue weighted by atomic mass is 10.1. The molecular weight excluding hydrogens is 212 g/mol. The van der Waals surface area contributed by atoms with E-state index in [-0.39, 0.29) is 11.4 Å². The molecule has 17 heavy (non-hydrogen) atoms. The van der Waals surface area contributed by atoms with Crippen molar-refractivity contribution in [2.24, 2.45) is 0 Å². The van der Waals surface area contributed by atoms with Crippen LogP contribution in [0.25, 0.3) is 0 Å². The molecule has 0 saturated heterocycles. The van der Waals surface area contributed by atoms with Crippen LogP contribution in [0.4, 0.5) is 5.69 Å². The van der Waals surface area contributed by atoms with Crippen LogP contribution >= 0.6 is 0 Å². The molecule has 3 rings (SSSR count). The first-order valence-corrected chi connectivity index (χ1v) is 6.30. The summed E-state index contributed by atoms with van der Waals surface area (Å²) >= 11 is 0. The molecule has 0 atom stereocenters. The van der Waals surface area contributed by atoms with E-state index in [0.29, 0.717) is 0 Å². The zero-order valence-electron chi connectivity index (χ0n) is 10.4. The van der Waals surface area contributed by atoms with Gasteiger partial charge in [0.25, 0.3) is 5.91 Å². The molecule has 1 aliphatic carbocycles. The number of para-hydroxylation sites is 1. The predicted octanol–water partition coefficient (Wildman–Crippen LogP) is 2.13. The highest BCUT2D eigenvalue weighted by atomic mass is 16.2. The maximum Gasteiger partial charge on any atom is 0.255 e. The first-order chi connectivity index (χ1) is 8.18. The number of carbonyl (C=O) groups is 1. The van der Waals surface area contributed by atoms with E-state index in [9.17, 15) is 4.79 Å². The average Bonchev–Trinajstić information content (AvgIpc) is 3.10. The molecule has 0 unspecified atom stereocenters. The van der Waals surface area contributed by atoms with E-state index in [1.807, 2.05) is 30.1 Å². The predicted molar refractivity (Wildman–Crippen MR) is 68.4 cm³/mol. The maximum atomic E-state index is 12.3. The van der Waals surface area contributed by atoms with Gasteiger partial charge in [0.1, 0.15) is 0 Å². The van der Waals surface area contributed by atoms with Crippen LogP contribution in [-0.4, -0.2) is 36.5 Å². The minimum absolute atomic E-state index is 0.155. The maximum absolute atomic E-state index is 12.3. The normalized spacial score (nSPS) is 21.4. The molecule has 0 bridgehead atoms. The van der Waals surface area contributed by atoms with Gasteiger partial charge in [-0.05, 0) is 31.9 Å². The SMILES string of the molecule is CCN1c2ccccc2C(=O)N(C)CC12CC2. The van der Waals surface area contributed by atoms with E-state index in [0.717, 1.165) is 24.3 Å². The summed E-state index contributed by atoms with van der Waals surface area (Å²) in [5.41, 5.74) is 2.17. The number of benzene rings is 1. The van der Waals surface area contributed by atoms with Crippen LogP contribution in [-0.2, 0) is 0 Å². The Morgan fingerprint density at radius 2 is 2.00 bits per heavy atom. The Balaban J connectivity index is 2.16. The highest BCUT2D eigenvalue weighted by Crippen LogP contribution is 2.47. The number of fused-ring (bicyclic) bond motifs is 1. The van der Waals surface area contributed by atoms with Gasteiger partial charge in [-0.25, -0.2) is 0 Å².